The second kappa shape index (κ2) is 7.95. The van der Waals surface area contributed by atoms with Crippen molar-refractivity contribution < 1.29 is 0 Å². The van der Waals surface area contributed by atoms with Gasteiger partial charge in [-0.15, -0.1) is 0 Å². The average Bonchev–Trinajstić information content (AvgIpc) is 2.50. The molecule has 0 saturated carbocycles. The van der Waals surface area contributed by atoms with Crippen LogP contribution in [0.2, 0.25) is 0 Å². The quantitative estimate of drug-likeness (QED) is 0.799. The van der Waals surface area contributed by atoms with Crippen LogP contribution in [-0.4, -0.2) is 23.1 Å². The highest BCUT2D eigenvalue weighted by Crippen LogP contribution is 2.24. The van der Waals surface area contributed by atoms with Crippen LogP contribution < -0.4 is 10.2 Å². The fourth-order valence-corrected chi connectivity index (χ4v) is 2.75. The van der Waals surface area contributed by atoms with Crippen LogP contribution in [0.25, 0.3) is 0 Å². The zero-order valence-electron chi connectivity index (χ0n) is 15.0. The molecule has 0 unspecified atom stereocenters. The third-order valence-corrected chi connectivity index (χ3v) is 3.85. The molecule has 23 heavy (non-hydrogen) atoms. The number of benzene rings is 1. The monoisotopic (exact) mass is 312 g/mol. The molecule has 0 aliphatic heterocycles. The summed E-state index contributed by atoms with van der Waals surface area (Å²) in [7, 11) is 0. The summed E-state index contributed by atoms with van der Waals surface area (Å²) in [6.45, 7) is 12.6. The Balaban J connectivity index is 2.33. The maximum absolute atomic E-state index is 4.75. The van der Waals surface area contributed by atoms with Gasteiger partial charge in [-0.05, 0) is 44.7 Å². The highest BCUT2D eigenvalue weighted by molar-refractivity contribution is 5.65. The van der Waals surface area contributed by atoms with E-state index in [9.17, 15) is 0 Å². The number of rotatable bonds is 7. The molecule has 0 aliphatic carbocycles. The highest BCUT2D eigenvalue weighted by Gasteiger charge is 2.11. The van der Waals surface area contributed by atoms with Gasteiger partial charge in [0.1, 0.15) is 5.82 Å². The van der Waals surface area contributed by atoms with Gasteiger partial charge in [0.2, 0.25) is 5.95 Å². The Kier molecular flexibility index (Phi) is 5.97. The molecule has 0 atom stereocenters. The molecule has 1 aromatic heterocycles. The maximum Gasteiger partial charge on any atom is 0.227 e. The van der Waals surface area contributed by atoms with Gasteiger partial charge in [-0.25, -0.2) is 4.98 Å². The summed E-state index contributed by atoms with van der Waals surface area (Å²) in [5.74, 6) is 1.68. The first-order chi connectivity index (χ1) is 11.0. The second-order valence-electron chi connectivity index (χ2n) is 6.07. The van der Waals surface area contributed by atoms with E-state index in [0.717, 1.165) is 49.1 Å². The molecule has 0 fully saturated rings. The minimum atomic E-state index is 0.822. The van der Waals surface area contributed by atoms with Crippen molar-refractivity contribution in [1.82, 2.24) is 9.97 Å². The van der Waals surface area contributed by atoms with Crippen molar-refractivity contribution in [2.75, 3.05) is 23.3 Å². The minimum Gasteiger partial charge on any atom is -0.341 e. The molecule has 0 saturated heterocycles. The number of hydrogen-bond donors (Lipinski definition) is 1. The summed E-state index contributed by atoms with van der Waals surface area (Å²) < 4.78 is 0. The first-order valence-corrected chi connectivity index (χ1v) is 8.49. The molecule has 2 rings (SSSR count). The summed E-state index contributed by atoms with van der Waals surface area (Å²) in [6.07, 6.45) is 2.19. The number of nitrogens with zero attached hydrogens (tertiary/aromatic N) is 3. The van der Waals surface area contributed by atoms with Gasteiger partial charge < -0.3 is 10.2 Å². The normalized spacial score (nSPS) is 10.7. The number of para-hydroxylation sites is 1. The highest BCUT2D eigenvalue weighted by atomic mass is 15.3. The van der Waals surface area contributed by atoms with Gasteiger partial charge in [0.15, 0.2) is 0 Å². The zero-order valence-corrected chi connectivity index (χ0v) is 15.0. The van der Waals surface area contributed by atoms with E-state index in [0.29, 0.717) is 0 Å². The molecule has 124 valence electrons. The molecule has 0 spiro atoms. The minimum absolute atomic E-state index is 0.822. The number of aromatic nitrogens is 2. The molecule has 1 heterocycles. The van der Waals surface area contributed by atoms with E-state index in [1.54, 1.807) is 0 Å². The first kappa shape index (κ1) is 17.3. The van der Waals surface area contributed by atoms with Gasteiger partial charge in [0, 0.05) is 30.5 Å². The lowest BCUT2D eigenvalue weighted by molar-refractivity contribution is 0.720. The smallest absolute Gasteiger partial charge is 0.227 e. The lowest BCUT2D eigenvalue weighted by Gasteiger charge is -2.22. The third kappa shape index (κ3) is 4.44. The van der Waals surface area contributed by atoms with Crippen LogP contribution in [0, 0.1) is 20.8 Å². The van der Waals surface area contributed by atoms with E-state index in [-0.39, 0.29) is 0 Å². The molecular formula is C19H28N4. The SMILES string of the molecule is CCCN(CCC)c1nc(C)cc(Nc2c(C)cccc2C)n1. The Morgan fingerprint density at radius 3 is 2.13 bits per heavy atom. The van der Waals surface area contributed by atoms with Crippen molar-refractivity contribution in [3.05, 3.63) is 41.1 Å². The Bertz CT molecular complexity index is 626. The molecule has 0 aliphatic rings. The van der Waals surface area contributed by atoms with Crippen molar-refractivity contribution >= 4 is 17.5 Å². The molecule has 0 amide bonds. The average molecular weight is 312 g/mol. The van der Waals surface area contributed by atoms with Crippen molar-refractivity contribution in [2.45, 2.75) is 47.5 Å². The molecule has 1 aromatic carbocycles. The van der Waals surface area contributed by atoms with Crippen LogP contribution in [0.1, 0.15) is 43.5 Å². The van der Waals surface area contributed by atoms with Gasteiger partial charge >= 0.3 is 0 Å². The van der Waals surface area contributed by atoms with E-state index in [2.05, 4.69) is 61.1 Å². The molecule has 0 bridgehead atoms. The van der Waals surface area contributed by atoms with Crippen LogP contribution in [0.15, 0.2) is 24.3 Å². The fraction of sp³-hybridized carbons (Fsp3) is 0.474. The van der Waals surface area contributed by atoms with E-state index >= 15 is 0 Å². The Labute approximate surface area is 140 Å². The van der Waals surface area contributed by atoms with Crippen LogP contribution in [0.5, 0.6) is 0 Å². The van der Waals surface area contributed by atoms with Gasteiger partial charge in [0.25, 0.3) is 0 Å². The number of anilines is 3. The molecule has 0 radical (unpaired) electrons. The standard InChI is InChI=1S/C19H28N4/c1-6-11-23(12-7-2)19-20-16(5)13-17(22-19)21-18-14(3)9-8-10-15(18)4/h8-10,13H,6-7,11-12H2,1-5H3,(H,20,21,22). The van der Waals surface area contributed by atoms with E-state index in [1.165, 1.54) is 11.1 Å². The largest absolute Gasteiger partial charge is 0.341 e. The maximum atomic E-state index is 4.75. The summed E-state index contributed by atoms with van der Waals surface area (Å²) in [5.41, 5.74) is 4.57. The Hall–Kier alpha value is -2.10. The van der Waals surface area contributed by atoms with Crippen molar-refractivity contribution in [3.63, 3.8) is 0 Å². The topological polar surface area (TPSA) is 41.1 Å². The summed E-state index contributed by atoms with van der Waals surface area (Å²) in [6, 6.07) is 8.32. The number of aryl methyl sites for hydroxylation is 3. The summed E-state index contributed by atoms with van der Waals surface area (Å²) >= 11 is 0. The predicted octanol–water partition coefficient (Wildman–Crippen LogP) is 4.77. The van der Waals surface area contributed by atoms with Gasteiger partial charge in [-0.2, -0.15) is 4.98 Å². The molecule has 4 heteroatoms. The van der Waals surface area contributed by atoms with E-state index < -0.39 is 0 Å². The Morgan fingerprint density at radius 1 is 0.957 bits per heavy atom. The van der Waals surface area contributed by atoms with Crippen LogP contribution >= 0.6 is 0 Å². The number of hydrogen-bond acceptors (Lipinski definition) is 4. The van der Waals surface area contributed by atoms with Crippen molar-refractivity contribution in [3.8, 4) is 0 Å². The van der Waals surface area contributed by atoms with Gasteiger partial charge in [-0.3, -0.25) is 0 Å². The van der Waals surface area contributed by atoms with Crippen LogP contribution in [0.4, 0.5) is 17.5 Å². The molecule has 2 aromatic rings. The zero-order chi connectivity index (χ0) is 16.8. The van der Waals surface area contributed by atoms with Crippen molar-refractivity contribution in [1.29, 1.82) is 0 Å². The predicted molar refractivity (Wildman–Crippen MR) is 98.8 cm³/mol. The summed E-state index contributed by atoms with van der Waals surface area (Å²) in [4.78, 5) is 11.7. The lowest BCUT2D eigenvalue weighted by atomic mass is 10.1. The van der Waals surface area contributed by atoms with Crippen molar-refractivity contribution in [2.24, 2.45) is 0 Å². The molecular weight excluding hydrogens is 284 g/mol. The second-order valence-corrected chi connectivity index (χ2v) is 6.07. The third-order valence-electron chi connectivity index (χ3n) is 3.85. The lowest BCUT2D eigenvalue weighted by Crippen LogP contribution is -2.27. The first-order valence-electron chi connectivity index (χ1n) is 8.49. The molecule has 4 nitrogen and oxygen atoms in total. The van der Waals surface area contributed by atoms with E-state index in [4.69, 9.17) is 4.98 Å². The van der Waals surface area contributed by atoms with Crippen LogP contribution in [0.3, 0.4) is 0 Å². The van der Waals surface area contributed by atoms with Gasteiger partial charge in [0.05, 0.1) is 0 Å². The fourth-order valence-electron chi connectivity index (χ4n) is 2.75. The van der Waals surface area contributed by atoms with Crippen LogP contribution in [-0.2, 0) is 0 Å². The van der Waals surface area contributed by atoms with Gasteiger partial charge in [-0.1, -0.05) is 32.0 Å². The number of nitrogens with one attached hydrogen (secondary N) is 1. The molecule has 1 N–H and O–H groups in total. The Morgan fingerprint density at radius 2 is 1.57 bits per heavy atom. The summed E-state index contributed by atoms with van der Waals surface area (Å²) in [5, 5.41) is 3.48. The van der Waals surface area contributed by atoms with E-state index in [1.807, 2.05) is 13.0 Å².